The van der Waals surface area contributed by atoms with Crippen molar-refractivity contribution in [3.8, 4) is 0 Å². The van der Waals surface area contributed by atoms with Gasteiger partial charge in [0, 0.05) is 31.8 Å². The number of nitrogens with zero attached hydrogens (tertiary/aromatic N) is 4. The van der Waals surface area contributed by atoms with Crippen molar-refractivity contribution in [2.24, 2.45) is 5.92 Å². The number of fused-ring (bicyclic) bond motifs is 1. The average molecular weight is 304 g/mol. The molecule has 0 radical (unpaired) electrons. The molecule has 0 saturated carbocycles. The number of aromatic nitrogens is 3. The van der Waals surface area contributed by atoms with E-state index < -0.39 is 0 Å². The van der Waals surface area contributed by atoms with Gasteiger partial charge in [-0.05, 0) is 25.5 Å². The highest BCUT2D eigenvalue weighted by atomic mass is 16.5. The van der Waals surface area contributed by atoms with Crippen LogP contribution in [0.2, 0.25) is 0 Å². The zero-order chi connectivity index (χ0) is 15.5. The molecule has 2 aromatic heterocycles. The van der Waals surface area contributed by atoms with Crippen LogP contribution >= 0.6 is 0 Å². The number of pyridine rings is 1. The molecule has 1 atom stereocenters. The quantitative estimate of drug-likeness (QED) is 0.801. The number of rotatable bonds is 5. The zero-order valence-corrected chi connectivity index (χ0v) is 12.6. The largest absolute Gasteiger partial charge is 0.381 e. The Labute approximate surface area is 128 Å². The monoisotopic (exact) mass is 304 g/mol. The van der Waals surface area contributed by atoms with Gasteiger partial charge in [0.15, 0.2) is 5.65 Å². The molecule has 1 aliphatic heterocycles. The van der Waals surface area contributed by atoms with Crippen molar-refractivity contribution < 1.29 is 9.53 Å². The fourth-order valence-electron chi connectivity index (χ4n) is 2.75. The summed E-state index contributed by atoms with van der Waals surface area (Å²) in [5, 5.41) is 4.20. The molecule has 0 aliphatic carbocycles. The Morgan fingerprint density at radius 2 is 2.36 bits per heavy atom. The van der Waals surface area contributed by atoms with Gasteiger partial charge in [-0.3, -0.25) is 9.20 Å². The predicted octanol–water partition coefficient (Wildman–Crippen LogP) is 0.381. The first-order valence-electron chi connectivity index (χ1n) is 7.58. The summed E-state index contributed by atoms with van der Waals surface area (Å²) in [5.41, 5.74) is 0.261. The number of likely N-dealkylation sites (N-methyl/N-ethyl adjacent to an activating group) is 1. The van der Waals surface area contributed by atoms with Crippen LogP contribution in [0.4, 0.5) is 0 Å². The summed E-state index contributed by atoms with van der Waals surface area (Å²) in [6.45, 7) is 4.69. The highest BCUT2D eigenvalue weighted by Gasteiger charge is 2.22. The highest BCUT2D eigenvalue weighted by molar-refractivity contribution is 5.75. The van der Waals surface area contributed by atoms with E-state index in [0.717, 1.165) is 13.0 Å². The molecule has 0 spiro atoms. The van der Waals surface area contributed by atoms with Crippen molar-refractivity contribution in [2.45, 2.75) is 19.9 Å². The fourth-order valence-corrected chi connectivity index (χ4v) is 2.75. The second-order valence-electron chi connectivity index (χ2n) is 5.53. The number of amides is 1. The first kappa shape index (κ1) is 14.8. The molecule has 0 unspecified atom stereocenters. The number of hydrogen-bond donors (Lipinski definition) is 0. The van der Waals surface area contributed by atoms with Crippen LogP contribution < -0.4 is 5.69 Å². The average Bonchev–Trinajstić information content (AvgIpc) is 3.14. The summed E-state index contributed by atoms with van der Waals surface area (Å²) in [6, 6.07) is 5.32. The minimum atomic E-state index is -0.288. The van der Waals surface area contributed by atoms with E-state index in [1.807, 2.05) is 13.0 Å². The lowest BCUT2D eigenvalue weighted by Gasteiger charge is -2.23. The van der Waals surface area contributed by atoms with Crippen LogP contribution in [0.5, 0.6) is 0 Å². The SMILES string of the molecule is CCN(C[C@@H]1CCOC1)C(=O)Cn1nc2ccccn2c1=O. The Hall–Kier alpha value is -2.15. The van der Waals surface area contributed by atoms with Crippen LogP contribution in [0.25, 0.3) is 5.65 Å². The normalized spacial score (nSPS) is 18.0. The molecule has 3 rings (SSSR count). The second-order valence-corrected chi connectivity index (χ2v) is 5.53. The van der Waals surface area contributed by atoms with Crippen LogP contribution in [-0.2, 0) is 16.1 Å². The Balaban J connectivity index is 1.73. The predicted molar refractivity (Wildman–Crippen MR) is 80.6 cm³/mol. The van der Waals surface area contributed by atoms with E-state index in [1.54, 1.807) is 23.2 Å². The third-order valence-corrected chi connectivity index (χ3v) is 4.01. The highest BCUT2D eigenvalue weighted by Crippen LogP contribution is 2.14. The van der Waals surface area contributed by atoms with Crippen LogP contribution in [-0.4, -0.2) is 51.3 Å². The van der Waals surface area contributed by atoms with Crippen LogP contribution in [0.1, 0.15) is 13.3 Å². The molecule has 7 heteroatoms. The topological polar surface area (TPSA) is 68.8 Å². The van der Waals surface area contributed by atoms with Gasteiger partial charge in [-0.15, -0.1) is 5.10 Å². The lowest BCUT2D eigenvalue weighted by Crippen LogP contribution is -2.39. The Kier molecular flexibility index (Phi) is 4.24. The molecule has 1 saturated heterocycles. The molecule has 7 nitrogen and oxygen atoms in total. The molecule has 0 aromatic carbocycles. The van der Waals surface area contributed by atoms with Gasteiger partial charge >= 0.3 is 5.69 Å². The number of carbonyl (C=O) groups excluding carboxylic acids is 1. The minimum Gasteiger partial charge on any atom is -0.381 e. The molecule has 0 N–H and O–H groups in total. The van der Waals surface area contributed by atoms with E-state index in [-0.39, 0.29) is 18.1 Å². The minimum absolute atomic E-state index is 0.0259. The molecule has 1 amide bonds. The maximum atomic E-state index is 12.4. The fraction of sp³-hybridized carbons (Fsp3) is 0.533. The summed E-state index contributed by atoms with van der Waals surface area (Å²) < 4.78 is 8.02. The number of carbonyl (C=O) groups is 1. The van der Waals surface area contributed by atoms with Crippen LogP contribution in [0.3, 0.4) is 0 Å². The van der Waals surface area contributed by atoms with E-state index in [9.17, 15) is 9.59 Å². The van der Waals surface area contributed by atoms with Crippen molar-refractivity contribution in [1.29, 1.82) is 0 Å². The van der Waals surface area contributed by atoms with Gasteiger partial charge in [0.2, 0.25) is 5.91 Å². The molecule has 3 heterocycles. The van der Waals surface area contributed by atoms with Gasteiger partial charge < -0.3 is 9.64 Å². The molecule has 22 heavy (non-hydrogen) atoms. The van der Waals surface area contributed by atoms with Crippen molar-refractivity contribution in [2.75, 3.05) is 26.3 Å². The maximum absolute atomic E-state index is 12.4. The molecule has 2 aromatic rings. The Bertz CT molecular complexity index is 715. The molecule has 1 fully saturated rings. The smallest absolute Gasteiger partial charge is 0.350 e. The molecule has 1 aliphatic rings. The van der Waals surface area contributed by atoms with Crippen molar-refractivity contribution in [3.05, 3.63) is 34.9 Å². The van der Waals surface area contributed by atoms with Crippen molar-refractivity contribution >= 4 is 11.6 Å². The van der Waals surface area contributed by atoms with Crippen molar-refractivity contribution in [3.63, 3.8) is 0 Å². The van der Waals surface area contributed by atoms with E-state index in [1.165, 1.54) is 9.08 Å². The third-order valence-electron chi connectivity index (χ3n) is 4.01. The van der Waals surface area contributed by atoms with Crippen molar-refractivity contribution in [1.82, 2.24) is 19.1 Å². The van der Waals surface area contributed by atoms with Gasteiger partial charge in [-0.1, -0.05) is 6.07 Å². The number of hydrogen-bond acceptors (Lipinski definition) is 4. The third kappa shape index (κ3) is 2.89. The van der Waals surface area contributed by atoms with E-state index in [0.29, 0.717) is 31.3 Å². The molecule has 0 bridgehead atoms. The second kappa shape index (κ2) is 6.31. The standard InChI is InChI=1S/C15H20N4O3/c1-2-17(9-12-6-8-22-11-12)14(20)10-19-15(21)18-7-4-3-5-13(18)16-19/h3-5,7,12H,2,6,8-11H2,1H3/t12-/m0/s1. The molecular weight excluding hydrogens is 284 g/mol. The summed E-state index contributed by atoms with van der Waals surface area (Å²) in [7, 11) is 0. The van der Waals surface area contributed by atoms with Gasteiger partial charge in [-0.2, -0.15) is 0 Å². The van der Waals surface area contributed by atoms with Gasteiger partial charge in [0.1, 0.15) is 6.54 Å². The number of ether oxygens (including phenoxy) is 1. The summed E-state index contributed by atoms with van der Waals surface area (Å²) in [4.78, 5) is 26.4. The van der Waals surface area contributed by atoms with Crippen LogP contribution in [0.15, 0.2) is 29.2 Å². The lowest BCUT2D eigenvalue weighted by atomic mass is 10.1. The van der Waals surface area contributed by atoms with Gasteiger partial charge in [0.25, 0.3) is 0 Å². The molecular formula is C15H20N4O3. The van der Waals surface area contributed by atoms with E-state index in [2.05, 4.69) is 5.10 Å². The van der Waals surface area contributed by atoms with E-state index in [4.69, 9.17) is 4.74 Å². The summed E-state index contributed by atoms with van der Waals surface area (Å²) >= 11 is 0. The van der Waals surface area contributed by atoms with Crippen LogP contribution in [0, 0.1) is 5.92 Å². The van der Waals surface area contributed by atoms with Gasteiger partial charge in [0.05, 0.1) is 6.61 Å². The Morgan fingerprint density at radius 1 is 1.50 bits per heavy atom. The van der Waals surface area contributed by atoms with E-state index >= 15 is 0 Å². The first-order valence-corrected chi connectivity index (χ1v) is 7.58. The Morgan fingerprint density at radius 3 is 3.05 bits per heavy atom. The lowest BCUT2D eigenvalue weighted by molar-refractivity contribution is -0.132. The summed E-state index contributed by atoms with van der Waals surface area (Å²) in [5.74, 6) is 0.307. The molecule has 118 valence electrons. The first-order chi connectivity index (χ1) is 10.7. The zero-order valence-electron chi connectivity index (χ0n) is 12.6. The summed E-state index contributed by atoms with van der Waals surface area (Å²) in [6.07, 6.45) is 2.64. The maximum Gasteiger partial charge on any atom is 0.350 e. The van der Waals surface area contributed by atoms with Gasteiger partial charge in [-0.25, -0.2) is 9.48 Å².